The van der Waals surface area contributed by atoms with Gasteiger partial charge < -0.3 is 10.2 Å². The van der Waals surface area contributed by atoms with Crippen LogP contribution < -0.4 is 9.30 Å². The Bertz CT molecular complexity index is 995. The molecular weight excluding hydrogens is 484 g/mol. The highest BCUT2D eigenvalue weighted by Gasteiger charge is 2.21. The number of para-hydroxylation sites is 1. The monoisotopic (exact) mass is 499 g/mol. The number of carbonyl (C=O) groups excluding carboxylic acids is 1. The zero-order valence-corrected chi connectivity index (χ0v) is 17.5. The lowest BCUT2D eigenvalue weighted by Gasteiger charge is -2.05. The van der Waals surface area contributed by atoms with E-state index in [9.17, 15) is 14.9 Å². The van der Waals surface area contributed by atoms with Gasteiger partial charge in [-0.2, -0.15) is 4.57 Å². The number of halogens is 2. The maximum absolute atomic E-state index is 12.6. The van der Waals surface area contributed by atoms with Crippen LogP contribution in [0.25, 0.3) is 10.9 Å². The summed E-state index contributed by atoms with van der Waals surface area (Å²) in [5, 5.41) is 12.1. The number of Topliss-reactive ketones (excluding diaryl/α,β-unsaturated/α-hetero) is 1. The molecule has 0 bridgehead atoms. The molecule has 1 aromatic heterocycles. The molecular formula is C18H17Br2N2O5+. The van der Waals surface area contributed by atoms with Gasteiger partial charge in [-0.15, -0.1) is 17.0 Å². The van der Waals surface area contributed by atoms with Crippen molar-refractivity contribution in [3.63, 3.8) is 0 Å². The van der Waals surface area contributed by atoms with E-state index in [-0.39, 0.29) is 51.8 Å². The molecule has 27 heavy (non-hydrogen) atoms. The number of fused-ring (bicyclic) bond motifs is 1. The van der Waals surface area contributed by atoms with Crippen molar-refractivity contribution in [3.05, 3.63) is 74.9 Å². The van der Waals surface area contributed by atoms with Crippen molar-refractivity contribution in [1.82, 2.24) is 0 Å². The molecule has 2 aromatic carbocycles. The maximum atomic E-state index is 12.6. The van der Waals surface area contributed by atoms with Crippen molar-refractivity contribution in [2.45, 2.75) is 6.54 Å². The molecule has 3 aromatic rings. The SMILES string of the molecule is Br.COc1ccc(C(=O)C[n+]2cc(Br)cc3ccccc32)cc1[N+](=O)[O-].O. The van der Waals surface area contributed by atoms with Gasteiger partial charge in [0, 0.05) is 23.1 Å². The summed E-state index contributed by atoms with van der Waals surface area (Å²) in [5.41, 5.74) is 0.948. The number of nitrogens with zero attached hydrogens (tertiary/aromatic N) is 2. The molecule has 0 unspecified atom stereocenters. The van der Waals surface area contributed by atoms with Gasteiger partial charge in [-0.05, 0) is 40.2 Å². The Labute approximate surface area is 173 Å². The summed E-state index contributed by atoms with van der Waals surface area (Å²) >= 11 is 3.44. The molecule has 0 radical (unpaired) electrons. The molecule has 9 heteroatoms. The minimum Gasteiger partial charge on any atom is -0.490 e. The molecule has 142 valence electrons. The quantitative estimate of drug-likeness (QED) is 0.231. The average molecular weight is 501 g/mol. The lowest BCUT2D eigenvalue weighted by atomic mass is 10.1. The number of nitro benzene ring substituents is 1. The molecule has 0 spiro atoms. The number of hydrogen-bond donors (Lipinski definition) is 0. The van der Waals surface area contributed by atoms with Crippen LogP contribution >= 0.6 is 32.9 Å². The number of rotatable bonds is 5. The topological polar surface area (TPSA) is 105 Å². The molecule has 0 amide bonds. The van der Waals surface area contributed by atoms with E-state index >= 15 is 0 Å². The lowest BCUT2D eigenvalue weighted by Crippen LogP contribution is -2.38. The summed E-state index contributed by atoms with van der Waals surface area (Å²) in [5.74, 6) is -0.0962. The number of ether oxygens (including phenoxy) is 1. The molecule has 0 aliphatic heterocycles. The van der Waals surface area contributed by atoms with E-state index in [4.69, 9.17) is 4.74 Å². The summed E-state index contributed by atoms with van der Waals surface area (Å²) < 4.78 is 7.63. The summed E-state index contributed by atoms with van der Waals surface area (Å²) in [6, 6.07) is 13.9. The molecule has 0 aliphatic carbocycles. The van der Waals surface area contributed by atoms with E-state index in [2.05, 4.69) is 15.9 Å². The van der Waals surface area contributed by atoms with Gasteiger partial charge in [-0.25, -0.2) is 0 Å². The Morgan fingerprint density at radius 3 is 2.59 bits per heavy atom. The third-order valence-corrected chi connectivity index (χ3v) is 4.26. The first-order chi connectivity index (χ1) is 12.0. The maximum Gasteiger partial charge on any atom is 0.311 e. The number of aromatic nitrogens is 1. The molecule has 3 rings (SSSR count). The number of nitro groups is 1. The highest BCUT2D eigenvalue weighted by molar-refractivity contribution is 9.10. The highest BCUT2D eigenvalue weighted by Crippen LogP contribution is 2.27. The Morgan fingerprint density at radius 1 is 1.22 bits per heavy atom. The second-order valence-electron chi connectivity index (χ2n) is 5.41. The van der Waals surface area contributed by atoms with Crippen LogP contribution in [0.3, 0.4) is 0 Å². The van der Waals surface area contributed by atoms with Crippen LogP contribution in [0.4, 0.5) is 5.69 Å². The zero-order valence-electron chi connectivity index (χ0n) is 14.2. The van der Waals surface area contributed by atoms with Gasteiger partial charge in [0.25, 0.3) is 0 Å². The van der Waals surface area contributed by atoms with E-state index in [1.165, 1.54) is 25.3 Å². The Morgan fingerprint density at radius 2 is 1.93 bits per heavy atom. The normalized spacial score (nSPS) is 9.85. The first-order valence-corrected chi connectivity index (χ1v) is 8.22. The van der Waals surface area contributed by atoms with E-state index < -0.39 is 4.92 Å². The largest absolute Gasteiger partial charge is 0.490 e. The second-order valence-corrected chi connectivity index (χ2v) is 6.33. The molecule has 7 nitrogen and oxygen atoms in total. The zero-order chi connectivity index (χ0) is 18.0. The number of methoxy groups -OCH3 is 1. The Hall–Kier alpha value is -2.36. The fourth-order valence-corrected chi connectivity index (χ4v) is 3.15. The summed E-state index contributed by atoms with van der Waals surface area (Å²) in [7, 11) is 1.35. The first-order valence-electron chi connectivity index (χ1n) is 7.43. The number of carbonyl (C=O) groups is 1. The van der Waals surface area contributed by atoms with Crippen LogP contribution in [0.15, 0.2) is 59.2 Å². The van der Waals surface area contributed by atoms with Gasteiger partial charge in [0.2, 0.25) is 17.8 Å². The van der Waals surface area contributed by atoms with Crippen molar-refractivity contribution in [1.29, 1.82) is 0 Å². The summed E-state index contributed by atoms with van der Waals surface area (Å²) in [6.45, 7) is 0.0729. The van der Waals surface area contributed by atoms with E-state index in [1.807, 2.05) is 41.1 Å². The van der Waals surface area contributed by atoms with Crippen LogP contribution in [-0.4, -0.2) is 23.3 Å². The van der Waals surface area contributed by atoms with Crippen LogP contribution in [0, 0.1) is 10.1 Å². The van der Waals surface area contributed by atoms with Crippen LogP contribution in [0.5, 0.6) is 5.75 Å². The smallest absolute Gasteiger partial charge is 0.311 e. The minimum absolute atomic E-state index is 0. The molecule has 1 heterocycles. The van der Waals surface area contributed by atoms with Gasteiger partial charge in [0.05, 0.1) is 16.5 Å². The predicted molar refractivity (Wildman–Crippen MR) is 110 cm³/mol. The third-order valence-electron chi connectivity index (χ3n) is 3.83. The predicted octanol–water partition coefficient (Wildman–Crippen LogP) is 3.44. The fraction of sp³-hybridized carbons (Fsp3) is 0.111. The van der Waals surface area contributed by atoms with Crippen LogP contribution in [0.2, 0.25) is 0 Å². The van der Waals surface area contributed by atoms with Gasteiger partial charge >= 0.3 is 5.69 Å². The van der Waals surface area contributed by atoms with Gasteiger partial charge in [0.15, 0.2) is 11.9 Å². The van der Waals surface area contributed by atoms with Crippen molar-refractivity contribution < 1.29 is 24.5 Å². The number of pyridine rings is 1. The third kappa shape index (κ3) is 4.88. The molecule has 0 aliphatic rings. The van der Waals surface area contributed by atoms with Crippen molar-refractivity contribution in [3.8, 4) is 5.75 Å². The molecule has 0 saturated heterocycles. The van der Waals surface area contributed by atoms with Gasteiger partial charge in [-0.1, -0.05) is 12.1 Å². The molecule has 0 atom stereocenters. The van der Waals surface area contributed by atoms with Crippen molar-refractivity contribution >= 4 is 55.3 Å². The number of benzene rings is 2. The first kappa shape index (κ1) is 22.7. The van der Waals surface area contributed by atoms with Crippen molar-refractivity contribution in [2.75, 3.05) is 7.11 Å². The van der Waals surface area contributed by atoms with E-state index in [1.54, 1.807) is 0 Å². The van der Waals surface area contributed by atoms with Crippen molar-refractivity contribution in [2.24, 2.45) is 0 Å². The Kier molecular flexibility index (Phi) is 8.01. The summed E-state index contributed by atoms with van der Waals surface area (Å²) in [6.07, 6.45) is 1.82. The van der Waals surface area contributed by atoms with E-state index in [0.717, 1.165) is 15.4 Å². The molecule has 0 saturated carbocycles. The van der Waals surface area contributed by atoms with Gasteiger partial charge in [-0.3, -0.25) is 14.9 Å². The molecule has 2 N–H and O–H groups in total. The van der Waals surface area contributed by atoms with E-state index in [0.29, 0.717) is 0 Å². The number of ketones is 1. The number of hydrogen-bond acceptors (Lipinski definition) is 4. The average Bonchev–Trinajstić information content (AvgIpc) is 2.60. The fourth-order valence-electron chi connectivity index (χ4n) is 2.66. The highest BCUT2D eigenvalue weighted by atomic mass is 79.9. The van der Waals surface area contributed by atoms with Gasteiger partial charge in [0.1, 0.15) is 0 Å². The standard InChI is InChI=1S/C18H14BrN2O4.BrH.H2O/c1-25-18-7-6-13(9-16(18)21(23)24)17(22)11-20-10-14(19)8-12-4-2-3-5-15(12)20;;/h2-10H,11H2,1H3;1H;1H2/q+1;;. The van der Waals surface area contributed by atoms with Crippen LogP contribution in [-0.2, 0) is 6.54 Å². The van der Waals surface area contributed by atoms with Crippen LogP contribution in [0.1, 0.15) is 10.4 Å². The Balaban J connectivity index is 0.00000182. The molecule has 0 fully saturated rings. The minimum atomic E-state index is -0.558. The second kappa shape index (κ2) is 9.54. The lowest BCUT2D eigenvalue weighted by molar-refractivity contribution is -0.657. The summed E-state index contributed by atoms with van der Waals surface area (Å²) in [4.78, 5) is 23.2.